The maximum Gasteiger partial charge on any atom is 0.0645 e. The van der Waals surface area contributed by atoms with E-state index in [2.05, 4.69) is 31.0 Å². The molecule has 0 bridgehead atoms. The molecule has 2 heterocycles. The molecular weight excluding hydrogens is 240 g/mol. The summed E-state index contributed by atoms with van der Waals surface area (Å²) in [7, 11) is 0. The number of morpholine rings is 1. The number of ether oxygens (including phenoxy) is 2. The second-order valence-corrected chi connectivity index (χ2v) is 6.77. The lowest BCUT2D eigenvalue weighted by Gasteiger charge is -2.46. The molecule has 2 rings (SSSR count). The van der Waals surface area contributed by atoms with Crippen molar-refractivity contribution in [3.05, 3.63) is 0 Å². The Hall–Kier alpha value is -0.160. The van der Waals surface area contributed by atoms with Crippen LogP contribution in [0.2, 0.25) is 0 Å². The van der Waals surface area contributed by atoms with Gasteiger partial charge in [0, 0.05) is 37.2 Å². The SMILES string of the molecule is CCCNCC1(CN2CCOCC2(C)C)CCOC1. The van der Waals surface area contributed by atoms with Gasteiger partial charge in [-0.15, -0.1) is 0 Å². The molecule has 112 valence electrons. The zero-order valence-corrected chi connectivity index (χ0v) is 12.8. The number of hydrogen-bond donors (Lipinski definition) is 1. The molecule has 0 aromatic rings. The third-order valence-electron chi connectivity index (χ3n) is 4.45. The van der Waals surface area contributed by atoms with Crippen molar-refractivity contribution in [3.63, 3.8) is 0 Å². The first-order chi connectivity index (χ1) is 9.08. The van der Waals surface area contributed by atoms with Gasteiger partial charge in [-0.25, -0.2) is 0 Å². The van der Waals surface area contributed by atoms with Crippen LogP contribution in [-0.2, 0) is 9.47 Å². The van der Waals surface area contributed by atoms with Gasteiger partial charge in [0.25, 0.3) is 0 Å². The Kier molecular flexibility index (Phi) is 5.23. The van der Waals surface area contributed by atoms with Crippen molar-refractivity contribution in [2.75, 3.05) is 52.6 Å². The molecule has 0 radical (unpaired) electrons. The lowest BCUT2D eigenvalue weighted by molar-refractivity contribution is -0.0687. The van der Waals surface area contributed by atoms with Crippen molar-refractivity contribution in [1.82, 2.24) is 10.2 Å². The van der Waals surface area contributed by atoms with E-state index in [1.165, 1.54) is 12.8 Å². The molecule has 0 amide bonds. The van der Waals surface area contributed by atoms with Crippen LogP contribution in [0.1, 0.15) is 33.6 Å². The fourth-order valence-electron chi connectivity index (χ4n) is 3.09. The minimum Gasteiger partial charge on any atom is -0.381 e. The lowest BCUT2D eigenvalue weighted by atomic mass is 9.84. The van der Waals surface area contributed by atoms with Gasteiger partial charge in [0.05, 0.1) is 19.8 Å². The van der Waals surface area contributed by atoms with Crippen LogP contribution in [0.5, 0.6) is 0 Å². The highest BCUT2D eigenvalue weighted by Gasteiger charge is 2.40. The molecule has 2 aliphatic heterocycles. The highest BCUT2D eigenvalue weighted by atomic mass is 16.5. The summed E-state index contributed by atoms with van der Waals surface area (Å²) in [4.78, 5) is 2.60. The van der Waals surface area contributed by atoms with Gasteiger partial charge >= 0.3 is 0 Å². The van der Waals surface area contributed by atoms with E-state index in [1.54, 1.807) is 0 Å². The van der Waals surface area contributed by atoms with E-state index in [0.717, 1.165) is 52.6 Å². The van der Waals surface area contributed by atoms with E-state index in [4.69, 9.17) is 9.47 Å². The maximum atomic E-state index is 5.70. The van der Waals surface area contributed by atoms with Crippen LogP contribution < -0.4 is 5.32 Å². The number of nitrogens with one attached hydrogen (secondary N) is 1. The van der Waals surface area contributed by atoms with Gasteiger partial charge in [0.1, 0.15) is 0 Å². The summed E-state index contributed by atoms with van der Waals surface area (Å²) < 4.78 is 11.3. The molecule has 0 saturated carbocycles. The van der Waals surface area contributed by atoms with Crippen LogP contribution >= 0.6 is 0 Å². The van der Waals surface area contributed by atoms with Crippen LogP contribution in [0.15, 0.2) is 0 Å². The smallest absolute Gasteiger partial charge is 0.0645 e. The molecule has 4 nitrogen and oxygen atoms in total. The number of hydrogen-bond acceptors (Lipinski definition) is 4. The highest BCUT2D eigenvalue weighted by molar-refractivity contribution is 4.94. The molecule has 2 saturated heterocycles. The third kappa shape index (κ3) is 3.91. The highest BCUT2D eigenvalue weighted by Crippen LogP contribution is 2.32. The molecule has 0 aromatic heterocycles. The molecule has 2 fully saturated rings. The minimum atomic E-state index is 0.151. The molecule has 1 N–H and O–H groups in total. The molecule has 0 aromatic carbocycles. The second-order valence-electron chi connectivity index (χ2n) is 6.77. The fraction of sp³-hybridized carbons (Fsp3) is 1.00. The van der Waals surface area contributed by atoms with Crippen LogP contribution in [-0.4, -0.2) is 63.0 Å². The topological polar surface area (TPSA) is 33.7 Å². The number of nitrogens with zero attached hydrogens (tertiary/aromatic N) is 1. The fourth-order valence-corrected chi connectivity index (χ4v) is 3.09. The summed E-state index contributed by atoms with van der Waals surface area (Å²) in [6, 6.07) is 0. The van der Waals surface area contributed by atoms with Crippen molar-refractivity contribution in [2.24, 2.45) is 5.41 Å². The van der Waals surface area contributed by atoms with Crippen molar-refractivity contribution >= 4 is 0 Å². The Morgan fingerprint density at radius 1 is 1.16 bits per heavy atom. The first-order valence-electron chi connectivity index (χ1n) is 7.69. The predicted molar refractivity (Wildman–Crippen MR) is 77.5 cm³/mol. The van der Waals surface area contributed by atoms with Crippen molar-refractivity contribution in [2.45, 2.75) is 39.2 Å². The van der Waals surface area contributed by atoms with E-state index < -0.39 is 0 Å². The van der Waals surface area contributed by atoms with Crippen LogP contribution in [0.25, 0.3) is 0 Å². The van der Waals surface area contributed by atoms with Crippen molar-refractivity contribution in [1.29, 1.82) is 0 Å². The lowest BCUT2D eigenvalue weighted by Crippen LogP contribution is -2.57. The normalized spacial score (nSPS) is 31.7. The zero-order chi connectivity index (χ0) is 13.8. The van der Waals surface area contributed by atoms with Crippen molar-refractivity contribution < 1.29 is 9.47 Å². The average Bonchev–Trinajstić information content (AvgIpc) is 2.81. The van der Waals surface area contributed by atoms with E-state index in [-0.39, 0.29) is 5.54 Å². The van der Waals surface area contributed by atoms with Gasteiger partial charge < -0.3 is 14.8 Å². The molecular formula is C15H30N2O2. The van der Waals surface area contributed by atoms with Gasteiger partial charge in [0.2, 0.25) is 0 Å². The van der Waals surface area contributed by atoms with Crippen LogP contribution in [0.3, 0.4) is 0 Å². The molecule has 4 heteroatoms. The van der Waals surface area contributed by atoms with E-state index in [1.807, 2.05) is 0 Å². The summed E-state index contributed by atoms with van der Waals surface area (Å²) in [6.07, 6.45) is 2.37. The molecule has 0 aliphatic carbocycles. The van der Waals surface area contributed by atoms with E-state index in [9.17, 15) is 0 Å². The summed E-state index contributed by atoms with van der Waals surface area (Å²) in [5, 5.41) is 3.60. The number of rotatable bonds is 6. The van der Waals surface area contributed by atoms with Gasteiger partial charge in [0.15, 0.2) is 0 Å². The summed E-state index contributed by atoms with van der Waals surface area (Å²) >= 11 is 0. The first-order valence-corrected chi connectivity index (χ1v) is 7.69. The molecule has 1 unspecified atom stereocenters. The van der Waals surface area contributed by atoms with Crippen LogP contribution in [0.4, 0.5) is 0 Å². The van der Waals surface area contributed by atoms with Gasteiger partial charge in [-0.05, 0) is 33.2 Å². The Morgan fingerprint density at radius 2 is 1.95 bits per heavy atom. The Labute approximate surface area is 117 Å². The van der Waals surface area contributed by atoms with Crippen molar-refractivity contribution in [3.8, 4) is 0 Å². The van der Waals surface area contributed by atoms with E-state index in [0.29, 0.717) is 5.41 Å². The maximum absolute atomic E-state index is 5.70. The summed E-state index contributed by atoms with van der Waals surface area (Å²) in [5.74, 6) is 0. The summed E-state index contributed by atoms with van der Waals surface area (Å²) in [5.41, 5.74) is 0.447. The quantitative estimate of drug-likeness (QED) is 0.742. The summed E-state index contributed by atoms with van der Waals surface area (Å²) in [6.45, 7) is 14.7. The monoisotopic (exact) mass is 270 g/mol. The van der Waals surface area contributed by atoms with Gasteiger partial charge in [-0.1, -0.05) is 6.92 Å². The molecule has 1 atom stereocenters. The van der Waals surface area contributed by atoms with E-state index >= 15 is 0 Å². The molecule has 19 heavy (non-hydrogen) atoms. The van der Waals surface area contributed by atoms with Gasteiger partial charge in [-0.2, -0.15) is 0 Å². The Balaban J connectivity index is 1.95. The molecule has 0 spiro atoms. The van der Waals surface area contributed by atoms with Gasteiger partial charge in [-0.3, -0.25) is 4.90 Å². The standard InChI is InChI=1S/C15H30N2O2/c1-4-6-16-10-15(5-8-18-13-15)11-17-7-9-19-12-14(17,2)3/h16H,4-13H2,1-3H3. The first kappa shape index (κ1) is 15.2. The predicted octanol–water partition coefficient (Wildman–Crippen LogP) is 1.50. The van der Waals surface area contributed by atoms with Crippen LogP contribution in [0, 0.1) is 5.41 Å². The third-order valence-corrected chi connectivity index (χ3v) is 4.45. The Bertz CT molecular complexity index is 275. The second kappa shape index (κ2) is 6.53. The zero-order valence-electron chi connectivity index (χ0n) is 12.8. The average molecular weight is 270 g/mol. The molecule has 2 aliphatic rings. The Morgan fingerprint density at radius 3 is 2.58 bits per heavy atom. The largest absolute Gasteiger partial charge is 0.381 e. The minimum absolute atomic E-state index is 0.151.